The second kappa shape index (κ2) is 7.78. The van der Waals surface area contributed by atoms with Gasteiger partial charge in [0.2, 0.25) is 0 Å². The first-order chi connectivity index (χ1) is 12.2. The predicted octanol–water partition coefficient (Wildman–Crippen LogP) is 2.89. The Kier molecular flexibility index (Phi) is 5.92. The molecule has 2 aromatic rings. The summed E-state index contributed by atoms with van der Waals surface area (Å²) < 4.78 is 32.7. The van der Waals surface area contributed by atoms with Gasteiger partial charge in [-0.05, 0) is 62.2 Å². The molecule has 26 heavy (non-hydrogen) atoms. The van der Waals surface area contributed by atoms with E-state index in [9.17, 15) is 13.2 Å². The lowest BCUT2D eigenvalue weighted by molar-refractivity contribution is 0.0955. The maximum absolute atomic E-state index is 13.2. The van der Waals surface area contributed by atoms with Gasteiger partial charge in [-0.25, -0.2) is 8.42 Å². The van der Waals surface area contributed by atoms with E-state index in [0.717, 1.165) is 11.1 Å². The summed E-state index contributed by atoms with van der Waals surface area (Å²) in [6.07, 6.45) is 0. The number of anilines is 1. The quantitative estimate of drug-likeness (QED) is 0.841. The molecule has 1 N–H and O–H groups in total. The molecule has 0 unspecified atom stereocenters. The second-order valence-electron chi connectivity index (χ2n) is 5.97. The van der Waals surface area contributed by atoms with Crippen LogP contribution >= 0.6 is 0 Å². The molecule has 0 fully saturated rings. The fourth-order valence-corrected chi connectivity index (χ4v) is 3.86. The Balaban J connectivity index is 2.54. The van der Waals surface area contributed by atoms with Crippen LogP contribution in [0.4, 0.5) is 5.69 Å². The van der Waals surface area contributed by atoms with Crippen molar-refractivity contribution in [3.63, 3.8) is 0 Å². The molecule has 0 aliphatic heterocycles. The van der Waals surface area contributed by atoms with Gasteiger partial charge in [-0.2, -0.15) is 0 Å². The summed E-state index contributed by atoms with van der Waals surface area (Å²) in [5.74, 6) is -0.144. The van der Waals surface area contributed by atoms with Gasteiger partial charge in [-0.1, -0.05) is 6.07 Å². The number of ether oxygens (including phenoxy) is 1. The van der Waals surface area contributed by atoms with Gasteiger partial charge in [0.25, 0.3) is 15.9 Å². The van der Waals surface area contributed by atoms with Crippen LogP contribution < -0.4 is 14.4 Å². The van der Waals surface area contributed by atoms with Crippen molar-refractivity contribution in [2.24, 2.45) is 0 Å². The molecule has 0 aliphatic carbocycles. The zero-order valence-electron chi connectivity index (χ0n) is 15.7. The highest BCUT2D eigenvalue weighted by molar-refractivity contribution is 7.92. The number of carbonyl (C=O) groups excluding carboxylic acids is 1. The van der Waals surface area contributed by atoms with Crippen LogP contribution in [0, 0.1) is 13.8 Å². The summed E-state index contributed by atoms with van der Waals surface area (Å²) >= 11 is 0. The normalized spacial score (nSPS) is 11.1. The van der Waals surface area contributed by atoms with Gasteiger partial charge in [0.15, 0.2) is 0 Å². The summed E-state index contributed by atoms with van der Waals surface area (Å²) in [6, 6.07) is 9.81. The SMILES string of the molecule is CCNC(=O)c1ccc(OC)c(S(=O)(=O)N(C)c2ccc(C)c(C)c2)c1. The minimum Gasteiger partial charge on any atom is -0.495 e. The van der Waals surface area contributed by atoms with E-state index in [2.05, 4.69) is 5.32 Å². The number of benzene rings is 2. The summed E-state index contributed by atoms with van der Waals surface area (Å²) in [4.78, 5) is 12.0. The van der Waals surface area contributed by atoms with Gasteiger partial charge < -0.3 is 10.1 Å². The first-order valence-electron chi connectivity index (χ1n) is 8.24. The molecule has 0 radical (unpaired) electrons. The van der Waals surface area contributed by atoms with Crippen LogP contribution in [-0.4, -0.2) is 35.0 Å². The molecule has 7 heteroatoms. The summed E-state index contributed by atoms with van der Waals surface area (Å²) in [7, 11) is -1.02. The van der Waals surface area contributed by atoms with Crippen LogP contribution in [0.2, 0.25) is 0 Å². The van der Waals surface area contributed by atoms with E-state index in [-0.39, 0.29) is 22.1 Å². The Morgan fingerprint density at radius 2 is 1.81 bits per heavy atom. The molecule has 0 bridgehead atoms. The van der Waals surface area contributed by atoms with E-state index >= 15 is 0 Å². The van der Waals surface area contributed by atoms with Gasteiger partial charge in [0.1, 0.15) is 10.6 Å². The van der Waals surface area contributed by atoms with Crippen LogP contribution in [0.3, 0.4) is 0 Å². The first-order valence-corrected chi connectivity index (χ1v) is 9.68. The molecular weight excluding hydrogens is 352 g/mol. The Hall–Kier alpha value is -2.54. The van der Waals surface area contributed by atoms with E-state index in [1.54, 1.807) is 19.1 Å². The van der Waals surface area contributed by atoms with Gasteiger partial charge in [-0.3, -0.25) is 9.10 Å². The Morgan fingerprint density at radius 3 is 2.38 bits per heavy atom. The number of methoxy groups -OCH3 is 1. The highest BCUT2D eigenvalue weighted by Crippen LogP contribution is 2.30. The highest BCUT2D eigenvalue weighted by Gasteiger charge is 2.26. The van der Waals surface area contributed by atoms with E-state index in [1.165, 1.54) is 30.6 Å². The predicted molar refractivity (Wildman–Crippen MR) is 103 cm³/mol. The van der Waals surface area contributed by atoms with E-state index < -0.39 is 10.0 Å². The van der Waals surface area contributed by atoms with Crippen LogP contribution in [-0.2, 0) is 10.0 Å². The number of sulfonamides is 1. The molecule has 0 saturated heterocycles. The first kappa shape index (κ1) is 19.8. The van der Waals surface area contributed by atoms with Gasteiger partial charge >= 0.3 is 0 Å². The second-order valence-corrected chi connectivity index (χ2v) is 7.90. The van der Waals surface area contributed by atoms with Crippen molar-refractivity contribution in [2.45, 2.75) is 25.7 Å². The summed E-state index contributed by atoms with van der Waals surface area (Å²) in [6.45, 7) is 6.14. The molecular formula is C19H24N2O4S. The molecule has 0 atom stereocenters. The van der Waals surface area contributed by atoms with Gasteiger partial charge in [0.05, 0.1) is 12.8 Å². The van der Waals surface area contributed by atoms with Crippen molar-refractivity contribution < 1.29 is 17.9 Å². The number of nitrogens with one attached hydrogen (secondary N) is 1. The highest BCUT2D eigenvalue weighted by atomic mass is 32.2. The Bertz CT molecular complexity index is 923. The molecule has 0 aliphatic rings. The number of amides is 1. The maximum Gasteiger partial charge on any atom is 0.267 e. The average molecular weight is 376 g/mol. The number of aryl methyl sites for hydroxylation is 2. The van der Waals surface area contributed by atoms with Crippen molar-refractivity contribution in [2.75, 3.05) is 25.0 Å². The minimum absolute atomic E-state index is 0.0514. The summed E-state index contributed by atoms with van der Waals surface area (Å²) in [5, 5.41) is 2.66. The van der Waals surface area contributed by atoms with E-state index in [1.807, 2.05) is 26.0 Å². The number of carbonyl (C=O) groups is 1. The largest absolute Gasteiger partial charge is 0.495 e. The fourth-order valence-electron chi connectivity index (χ4n) is 2.49. The monoisotopic (exact) mass is 376 g/mol. The van der Waals surface area contributed by atoms with Crippen LogP contribution in [0.25, 0.3) is 0 Å². The number of rotatable bonds is 6. The Labute approximate surface area is 154 Å². The summed E-state index contributed by atoms with van der Waals surface area (Å²) in [5.41, 5.74) is 2.88. The molecule has 140 valence electrons. The van der Waals surface area contributed by atoms with Crippen molar-refractivity contribution in [3.8, 4) is 5.75 Å². The van der Waals surface area contributed by atoms with Gasteiger partial charge in [-0.15, -0.1) is 0 Å². The van der Waals surface area contributed by atoms with E-state index in [0.29, 0.717) is 12.2 Å². The lowest BCUT2D eigenvalue weighted by atomic mass is 10.1. The molecule has 0 heterocycles. The molecule has 6 nitrogen and oxygen atoms in total. The average Bonchev–Trinajstić information content (AvgIpc) is 2.63. The lowest BCUT2D eigenvalue weighted by Crippen LogP contribution is -2.28. The number of nitrogens with zero attached hydrogens (tertiary/aromatic N) is 1. The maximum atomic E-state index is 13.2. The van der Waals surface area contributed by atoms with Crippen LogP contribution in [0.5, 0.6) is 5.75 Å². The third-order valence-corrected chi connectivity index (χ3v) is 6.06. The topological polar surface area (TPSA) is 75.7 Å². The van der Waals surface area contributed by atoms with E-state index in [4.69, 9.17) is 4.74 Å². The van der Waals surface area contributed by atoms with Crippen LogP contribution in [0.1, 0.15) is 28.4 Å². The third-order valence-electron chi connectivity index (χ3n) is 4.26. The molecule has 2 aromatic carbocycles. The Morgan fingerprint density at radius 1 is 1.12 bits per heavy atom. The number of hydrogen-bond donors (Lipinski definition) is 1. The van der Waals surface area contributed by atoms with Crippen molar-refractivity contribution in [1.29, 1.82) is 0 Å². The van der Waals surface area contributed by atoms with Crippen molar-refractivity contribution in [1.82, 2.24) is 5.32 Å². The van der Waals surface area contributed by atoms with Crippen molar-refractivity contribution in [3.05, 3.63) is 53.1 Å². The smallest absolute Gasteiger partial charge is 0.267 e. The number of hydrogen-bond acceptors (Lipinski definition) is 4. The molecule has 1 amide bonds. The minimum atomic E-state index is -3.91. The molecule has 0 aromatic heterocycles. The standard InChI is InChI=1S/C19H24N2O4S/c1-6-20-19(22)15-8-10-17(25-5)18(12-15)26(23,24)21(4)16-9-7-13(2)14(3)11-16/h7-12H,6H2,1-5H3,(H,20,22). The lowest BCUT2D eigenvalue weighted by Gasteiger charge is -2.22. The third kappa shape index (κ3) is 3.83. The molecule has 0 saturated carbocycles. The fraction of sp³-hybridized carbons (Fsp3) is 0.316. The van der Waals surface area contributed by atoms with Crippen LogP contribution in [0.15, 0.2) is 41.3 Å². The van der Waals surface area contributed by atoms with Crippen molar-refractivity contribution >= 4 is 21.6 Å². The van der Waals surface area contributed by atoms with Gasteiger partial charge in [0, 0.05) is 19.2 Å². The zero-order chi connectivity index (χ0) is 19.5. The molecule has 0 spiro atoms. The zero-order valence-corrected chi connectivity index (χ0v) is 16.5. The molecule has 2 rings (SSSR count).